The number of aromatic nitrogens is 2. The summed E-state index contributed by atoms with van der Waals surface area (Å²) in [6.07, 6.45) is 1.14. The molecule has 1 fully saturated rings. The Hall–Kier alpha value is -3.91. The number of aryl methyl sites for hydroxylation is 1. The van der Waals surface area contributed by atoms with E-state index in [4.69, 9.17) is 9.72 Å². The largest absolute Gasteiger partial charge is 0.497 e. The van der Waals surface area contributed by atoms with Crippen LogP contribution in [0.2, 0.25) is 0 Å². The van der Waals surface area contributed by atoms with Crippen molar-refractivity contribution >= 4 is 21.8 Å². The molecule has 1 saturated heterocycles. The second kappa shape index (κ2) is 9.19. The molecule has 7 nitrogen and oxygen atoms in total. The lowest BCUT2D eigenvalue weighted by atomic mass is 9.96. The number of rotatable bonds is 6. The molecule has 3 aromatic carbocycles. The molecule has 188 valence electrons. The van der Waals surface area contributed by atoms with Gasteiger partial charge in [-0.15, -0.1) is 0 Å². The van der Waals surface area contributed by atoms with Crippen molar-refractivity contribution in [2.75, 3.05) is 29.8 Å². The van der Waals surface area contributed by atoms with Crippen LogP contribution in [0.3, 0.4) is 0 Å². The molecule has 1 aromatic heterocycles. The Morgan fingerprint density at radius 2 is 1.59 bits per heavy atom. The van der Waals surface area contributed by atoms with Crippen LogP contribution >= 0.6 is 0 Å². The molecule has 4 aromatic rings. The van der Waals surface area contributed by atoms with Crippen molar-refractivity contribution in [3.05, 3.63) is 95.6 Å². The minimum atomic E-state index is -3.86. The minimum absolute atomic E-state index is 0.0475. The predicted octanol–water partition coefficient (Wildman–Crippen LogP) is 5.35. The quantitative estimate of drug-likeness (QED) is 0.375. The van der Waals surface area contributed by atoms with Crippen LogP contribution in [0, 0.1) is 6.92 Å². The molecule has 0 saturated carbocycles. The number of sulfonamides is 1. The smallest absolute Gasteiger partial charge is 0.264 e. The third kappa shape index (κ3) is 4.53. The third-order valence-electron chi connectivity index (χ3n) is 7.29. The number of anilines is 2. The second-order valence-electron chi connectivity index (χ2n) is 9.75. The van der Waals surface area contributed by atoms with Crippen LogP contribution in [0.25, 0.3) is 11.3 Å². The highest BCUT2D eigenvalue weighted by Crippen LogP contribution is 2.46. The SMILES string of the molecule is COc1cccc(-c2cc(N3CC4CC(C3)c3ccccc34)nc(NS(=O)(=O)c3ccc(C)cc3)n2)c1. The van der Waals surface area contributed by atoms with Crippen LogP contribution in [-0.2, 0) is 10.0 Å². The van der Waals surface area contributed by atoms with Crippen molar-refractivity contribution in [3.8, 4) is 17.0 Å². The third-order valence-corrected chi connectivity index (χ3v) is 8.63. The van der Waals surface area contributed by atoms with Crippen molar-refractivity contribution in [3.63, 3.8) is 0 Å². The van der Waals surface area contributed by atoms with Gasteiger partial charge < -0.3 is 9.64 Å². The van der Waals surface area contributed by atoms with Crippen LogP contribution in [-0.4, -0.2) is 38.6 Å². The van der Waals surface area contributed by atoms with Crippen molar-refractivity contribution in [1.82, 2.24) is 9.97 Å². The zero-order valence-corrected chi connectivity index (χ0v) is 21.6. The number of hydrogen-bond donors (Lipinski definition) is 1. The molecule has 2 atom stereocenters. The zero-order chi connectivity index (χ0) is 25.6. The van der Waals surface area contributed by atoms with Gasteiger partial charge in [0.2, 0.25) is 5.95 Å². The molecule has 0 amide bonds. The summed E-state index contributed by atoms with van der Waals surface area (Å²) in [6, 6.07) is 24.9. The van der Waals surface area contributed by atoms with Gasteiger partial charge in [0.25, 0.3) is 10.0 Å². The van der Waals surface area contributed by atoms with Gasteiger partial charge in [-0.3, -0.25) is 0 Å². The minimum Gasteiger partial charge on any atom is -0.497 e. The first-order valence-electron chi connectivity index (χ1n) is 12.4. The highest BCUT2D eigenvalue weighted by Gasteiger charge is 2.38. The van der Waals surface area contributed by atoms with E-state index in [0.29, 0.717) is 29.1 Å². The summed E-state index contributed by atoms with van der Waals surface area (Å²) in [5, 5.41) is 0. The average Bonchev–Trinajstić information content (AvgIpc) is 3.17. The molecular weight excluding hydrogens is 484 g/mol. The number of nitrogens with zero attached hydrogens (tertiary/aromatic N) is 3. The summed E-state index contributed by atoms with van der Waals surface area (Å²) >= 11 is 0. The van der Waals surface area contributed by atoms with Gasteiger partial charge >= 0.3 is 0 Å². The molecule has 2 aliphatic rings. The van der Waals surface area contributed by atoms with Crippen LogP contribution < -0.4 is 14.4 Å². The molecule has 6 rings (SSSR count). The van der Waals surface area contributed by atoms with Crippen LogP contribution in [0.1, 0.15) is 34.9 Å². The van der Waals surface area contributed by atoms with Gasteiger partial charge in [0, 0.05) is 36.6 Å². The maximum atomic E-state index is 13.2. The van der Waals surface area contributed by atoms with Gasteiger partial charge in [0.05, 0.1) is 17.7 Å². The van der Waals surface area contributed by atoms with E-state index in [1.165, 1.54) is 11.1 Å². The van der Waals surface area contributed by atoms with E-state index in [0.717, 1.165) is 30.6 Å². The topological polar surface area (TPSA) is 84.4 Å². The maximum Gasteiger partial charge on any atom is 0.264 e. The lowest BCUT2D eigenvalue weighted by Crippen LogP contribution is -2.35. The van der Waals surface area contributed by atoms with Crippen molar-refractivity contribution in [2.24, 2.45) is 0 Å². The van der Waals surface area contributed by atoms with Crippen LogP contribution in [0.15, 0.2) is 83.8 Å². The van der Waals surface area contributed by atoms with Crippen molar-refractivity contribution in [2.45, 2.75) is 30.1 Å². The summed E-state index contributed by atoms with van der Waals surface area (Å²) in [7, 11) is -2.24. The van der Waals surface area contributed by atoms with E-state index in [1.807, 2.05) is 37.3 Å². The Morgan fingerprint density at radius 3 is 2.27 bits per heavy atom. The summed E-state index contributed by atoms with van der Waals surface area (Å²) in [5.74, 6) is 2.31. The summed E-state index contributed by atoms with van der Waals surface area (Å²) in [5.41, 5.74) is 5.26. The van der Waals surface area contributed by atoms with Gasteiger partial charge in [-0.05, 0) is 48.7 Å². The van der Waals surface area contributed by atoms with Gasteiger partial charge in [-0.25, -0.2) is 18.1 Å². The monoisotopic (exact) mass is 512 g/mol. The lowest BCUT2D eigenvalue weighted by molar-refractivity contribution is 0.415. The Kier molecular flexibility index (Phi) is 5.83. The number of benzene rings is 3. The molecular formula is C29H28N4O3S. The molecule has 2 heterocycles. The van der Waals surface area contributed by atoms with Gasteiger partial charge in [0.15, 0.2) is 0 Å². The molecule has 1 aliphatic heterocycles. The number of fused-ring (bicyclic) bond motifs is 5. The van der Waals surface area contributed by atoms with E-state index in [9.17, 15) is 8.42 Å². The van der Waals surface area contributed by atoms with Gasteiger partial charge in [0.1, 0.15) is 11.6 Å². The molecule has 8 heteroatoms. The number of ether oxygens (including phenoxy) is 1. The molecule has 1 N–H and O–H groups in total. The Bertz CT molecular complexity index is 1540. The standard InChI is InChI=1S/C29H28N4O3S/c1-19-10-12-24(13-11-19)37(34,35)32-29-30-27(20-6-5-7-23(15-20)36-2)16-28(31-29)33-17-21-14-22(18-33)26-9-4-3-8-25(21)26/h3-13,15-16,21-22H,14,17-18H2,1-2H3,(H,30,31,32). The molecule has 2 bridgehead atoms. The highest BCUT2D eigenvalue weighted by molar-refractivity contribution is 7.92. The number of hydrogen-bond acceptors (Lipinski definition) is 6. The first-order chi connectivity index (χ1) is 17.9. The van der Waals surface area contributed by atoms with Crippen LogP contribution in [0.4, 0.5) is 11.8 Å². The first kappa shape index (κ1) is 23.5. The average molecular weight is 513 g/mol. The van der Waals surface area contributed by atoms with Crippen LogP contribution in [0.5, 0.6) is 5.75 Å². The summed E-state index contributed by atoms with van der Waals surface area (Å²) in [6.45, 7) is 3.57. The molecule has 0 spiro atoms. The maximum absolute atomic E-state index is 13.2. The van der Waals surface area contributed by atoms with Crippen molar-refractivity contribution in [1.29, 1.82) is 0 Å². The van der Waals surface area contributed by atoms with E-state index in [2.05, 4.69) is 38.9 Å². The van der Waals surface area contributed by atoms with Gasteiger partial charge in [-0.2, -0.15) is 4.98 Å². The second-order valence-corrected chi connectivity index (χ2v) is 11.4. The fraction of sp³-hybridized carbons (Fsp3) is 0.241. The fourth-order valence-electron chi connectivity index (χ4n) is 5.46. The Morgan fingerprint density at radius 1 is 0.892 bits per heavy atom. The number of methoxy groups -OCH3 is 1. The van der Waals surface area contributed by atoms with E-state index in [-0.39, 0.29) is 10.8 Å². The summed E-state index contributed by atoms with van der Waals surface area (Å²) in [4.78, 5) is 11.7. The number of piperidine rings is 1. The lowest BCUT2D eigenvalue weighted by Gasteiger charge is -2.33. The van der Waals surface area contributed by atoms with Crippen molar-refractivity contribution < 1.29 is 13.2 Å². The Balaban J connectivity index is 1.39. The van der Waals surface area contributed by atoms with E-state index in [1.54, 1.807) is 31.4 Å². The highest BCUT2D eigenvalue weighted by atomic mass is 32.2. The molecule has 0 radical (unpaired) electrons. The predicted molar refractivity (Wildman–Crippen MR) is 145 cm³/mol. The van der Waals surface area contributed by atoms with Gasteiger partial charge in [-0.1, -0.05) is 54.1 Å². The van der Waals surface area contributed by atoms with E-state index >= 15 is 0 Å². The fourth-order valence-corrected chi connectivity index (χ4v) is 6.40. The van der Waals surface area contributed by atoms with E-state index < -0.39 is 10.0 Å². The normalized spacial score (nSPS) is 18.4. The number of nitrogens with one attached hydrogen (secondary N) is 1. The summed E-state index contributed by atoms with van der Waals surface area (Å²) < 4.78 is 34.4. The first-order valence-corrected chi connectivity index (χ1v) is 13.8. The Labute approximate surface area is 217 Å². The zero-order valence-electron chi connectivity index (χ0n) is 20.8. The molecule has 2 unspecified atom stereocenters. The molecule has 1 aliphatic carbocycles. The molecule has 37 heavy (non-hydrogen) atoms.